The van der Waals surface area contributed by atoms with Gasteiger partial charge in [0.25, 0.3) is 0 Å². The molecule has 2 heterocycles. The van der Waals surface area contributed by atoms with Crippen LogP contribution in [0.25, 0.3) is 0 Å². The molecule has 0 fully saturated rings. The molecule has 3 rings (SSSR count). The summed E-state index contributed by atoms with van der Waals surface area (Å²) in [5, 5.41) is 11.0. The highest BCUT2D eigenvalue weighted by molar-refractivity contribution is 9.11. The van der Waals surface area contributed by atoms with Crippen LogP contribution in [0.5, 0.6) is 0 Å². The topological polar surface area (TPSA) is 54.2 Å². The van der Waals surface area contributed by atoms with Gasteiger partial charge in [-0.15, -0.1) is 11.3 Å². The molecule has 0 radical (unpaired) electrons. The number of guanidine groups is 1. The van der Waals surface area contributed by atoms with Gasteiger partial charge in [-0.3, -0.25) is 4.68 Å². The summed E-state index contributed by atoms with van der Waals surface area (Å²) >= 11 is 5.23. The zero-order valence-electron chi connectivity index (χ0n) is 14.7. The number of benzene rings is 1. The van der Waals surface area contributed by atoms with Crippen molar-refractivity contribution < 1.29 is 0 Å². The van der Waals surface area contributed by atoms with Gasteiger partial charge in [-0.2, -0.15) is 5.10 Å². The van der Waals surface area contributed by atoms with Gasteiger partial charge in [0.1, 0.15) is 0 Å². The lowest BCUT2D eigenvalue weighted by molar-refractivity contribution is 0.680. The second-order valence-corrected chi connectivity index (χ2v) is 8.27. The summed E-state index contributed by atoms with van der Waals surface area (Å²) in [4.78, 5) is 6.02. The molecule has 0 saturated carbocycles. The highest BCUT2D eigenvalue weighted by atomic mass is 79.9. The molecule has 0 aliphatic heterocycles. The van der Waals surface area contributed by atoms with Crippen molar-refractivity contribution in [1.82, 2.24) is 20.4 Å². The highest BCUT2D eigenvalue weighted by Crippen LogP contribution is 2.21. The normalized spacial score (nSPS) is 11.5. The number of aliphatic imine (C=N–C) groups is 1. The number of aromatic nitrogens is 2. The Bertz CT molecular complexity index is 841. The molecule has 5 nitrogen and oxygen atoms in total. The quantitative estimate of drug-likeness (QED) is 0.438. The third-order valence-corrected chi connectivity index (χ3v) is 5.44. The summed E-state index contributed by atoms with van der Waals surface area (Å²) < 4.78 is 3.07. The van der Waals surface area contributed by atoms with E-state index in [1.165, 1.54) is 16.0 Å². The zero-order chi connectivity index (χ0) is 18.2. The van der Waals surface area contributed by atoms with Crippen LogP contribution in [0.3, 0.4) is 0 Å². The molecular weight excluding hydrogens is 410 g/mol. The van der Waals surface area contributed by atoms with Gasteiger partial charge >= 0.3 is 0 Å². The highest BCUT2D eigenvalue weighted by Gasteiger charge is 2.05. The second-order valence-electron chi connectivity index (χ2n) is 5.73. The monoisotopic (exact) mass is 431 g/mol. The smallest absolute Gasteiger partial charge is 0.191 e. The van der Waals surface area contributed by atoms with Crippen molar-refractivity contribution in [2.24, 2.45) is 4.99 Å². The van der Waals surface area contributed by atoms with Gasteiger partial charge in [0.05, 0.1) is 23.4 Å². The van der Waals surface area contributed by atoms with Crippen LogP contribution in [0.1, 0.15) is 22.9 Å². The van der Waals surface area contributed by atoms with Crippen LogP contribution in [-0.2, 0) is 19.6 Å². The minimum Gasteiger partial charge on any atom is -0.357 e. The Labute approximate surface area is 166 Å². The van der Waals surface area contributed by atoms with E-state index in [-0.39, 0.29) is 0 Å². The van der Waals surface area contributed by atoms with Gasteiger partial charge in [-0.1, -0.05) is 24.3 Å². The van der Waals surface area contributed by atoms with Crippen molar-refractivity contribution in [2.45, 2.75) is 26.6 Å². The Morgan fingerprint density at radius 2 is 2.00 bits per heavy atom. The van der Waals surface area contributed by atoms with Crippen LogP contribution in [0.4, 0.5) is 0 Å². The third kappa shape index (κ3) is 5.44. The molecule has 0 spiro atoms. The van der Waals surface area contributed by atoms with Gasteiger partial charge in [-0.05, 0) is 52.2 Å². The first-order chi connectivity index (χ1) is 12.7. The molecule has 2 N–H and O–H groups in total. The average molecular weight is 432 g/mol. The fraction of sp³-hybridized carbons (Fsp3) is 0.263. The molecule has 7 heteroatoms. The summed E-state index contributed by atoms with van der Waals surface area (Å²) in [6.45, 7) is 5.04. The van der Waals surface area contributed by atoms with E-state index >= 15 is 0 Å². The van der Waals surface area contributed by atoms with E-state index in [0.717, 1.165) is 29.4 Å². The molecule has 136 valence electrons. The summed E-state index contributed by atoms with van der Waals surface area (Å²) in [5.41, 5.74) is 2.44. The number of halogens is 1. The van der Waals surface area contributed by atoms with Gasteiger partial charge < -0.3 is 10.6 Å². The van der Waals surface area contributed by atoms with E-state index in [9.17, 15) is 0 Å². The van der Waals surface area contributed by atoms with Crippen molar-refractivity contribution in [2.75, 3.05) is 6.54 Å². The van der Waals surface area contributed by atoms with Crippen molar-refractivity contribution in [3.05, 3.63) is 74.6 Å². The number of nitrogens with one attached hydrogen (secondary N) is 2. The first kappa shape index (κ1) is 18.7. The van der Waals surface area contributed by atoms with Gasteiger partial charge in [0.2, 0.25) is 0 Å². The van der Waals surface area contributed by atoms with Crippen LogP contribution < -0.4 is 10.6 Å². The van der Waals surface area contributed by atoms with Crippen molar-refractivity contribution >= 4 is 33.2 Å². The Balaban J connectivity index is 1.67. The fourth-order valence-corrected chi connectivity index (χ4v) is 3.98. The molecule has 0 amide bonds. The van der Waals surface area contributed by atoms with Crippen LogP contribution in [0, 0.1) is 0 Å². The number of hydrogen-bond donors (Lipinski definition) is 2. The number of hydrogen-bond acceptors (Lipinski definition) is 3. The van der Waals surface area contributed by atoms with E-state index in [1.807, 2.05) is 16.9 Å². The van der Waals surface area contributed by atoms with E-state index in [0.29, 0.717) is 6.54 Å². The summed E-state index contributed by atoms with van der Waals surface area (Å²) in [6.07, 6.45) is 3.78. The molecule has 2 aromatic heterocycles. The predicted octanol–water partition coefficient (Wildman–Crippen LogP) is 4.01. The van der Waals surface area contributed by atoms with Crippen LogP contribution in [0.2, 0.25) is 0 Å². The minimum atomic E-state index is 0.626. The van der Waals surface area contributed by atoms with E-state index in [1.54, 1.807) is 17.5 Å². The maximum absolute atomic E-state index is 4.75. The Morgan fingerprint density at radius 1 is 1.15 bits per heavy atom. The molecule has 0 bridgehead atoms. The van der Waals surface area contributed by atoms with Crippen LogP contribution >= 0.6 is 27.3 Å². The van der Waals surface area contributed by atoms with Gasteiger partial charge in [0.15, 0.2) is 5.96 Å². The fourth-order valence-electron chi connectivity index (χ4n) is 2.56. The summed E-state index contributed by atoms with van der Waals surface area (Å²) in [7, 11) is 0. The minimum absolute atomic E-state index is 0.626. The third-order valence-electron chi connectivity index (χ3n) is 3.82. The summed E-state index contributed by atoms with van der Waals surface area (Å²) in [5.74, 6) is 0.825. The predicted molar refractivity (Wildman–Crippen MR) is 111 cm³/mol. The molecule has 0 unspecified atom stereocenters. The second kappa shape index (κ2) is 9.54. The largest absolute Gasteiger partial charge is 0.357 e. The summed E-state index contributed by atoms with van der Waals surface area (Å²) in [6, 6.07) is 14.5. The van der Waals surface area contributed by atoms with E-state index in [4.69, 9.17) is 4.99 Å². The van der Waals surface area contributed by atoms with Crippen LogP contribution in [0.15, 0.2) is 63.6 Å². The Hall–Kier alpha value is -2.12. The maximum Gasteiger partial charge on any atom is 0.191 e. The number of nitrogens with zero attached hydrogens (tertiary/aromatic N) is 3. The first-order valence-corrected chi connectivity index (χ1v) is 10.2. The lowest BCUT2D eigenvalue weighted by Gasteiger charge is -2.12. The average Bonchev–Trinajstić information content (AvgIpc) is 3.30. The SMILES string of the molecule is CCNC(=NCc1ccccc1Cn1cccn1)NCc1ccc(Br)s1. The van der Waals surface area contributed by atoms with E-state index < -0.39 is 0 Å². The standard InChI is InChI=1S/C19H22BrN5S/c1-2-21-19(23-13-17-8-9-18(20)26-17)22-12-15-6-3-4-7-16(15)14-25-11-5-10-24-25/h3-11H,2,12-14H2,1H3,(H2,21,22,23). The van der Waals surface area contributed by atoms with E-state index in [2.05, 4.69) is 75.0 Å². The Morgan fingerprint density at radius 3 is 2.69 bits per heavy atom. The van der Waals surface area contributed by atoms with Crippen molar-refractivity contribution in [3.63, 3.8) is 0 Å². The van der Waals surface area contributed by atoms with Crippen molar-refractivity contribution in [1.29, 1.82) is 0 Å². The number of thiophene rings is 1. The lowest BCUT2D eigenvalue weighted by Crippen LogP contribution is -2.36. The molecule has 0 atom stereocenters. The molecule has 0 saturated heterocycles. The van der Waals surface area contributed by atoms with Crippen molar-refractivity contribution in [3.8, 4) is 0 Å². The zero-order valence-corrected chi connectivity index (χ0v) is 17.1. The lowest BCUT2D eigenvalue weighted by atomic mass is 10.1. The van der Waals surface area contributed by atoms with Gasteiger partial charge in [0, 0.05) is 23.8 Å². The maximum atomic E-state index is 4.75. The molecule has 1 aromatic carbocycles. The number of rotatable bonds is 7. The molecule has 0 aliphatic carbocycles. The molecule has 26 heavy (non-hydrogen) atoms. The van der Waals surface area contributed by atoms with Crippen LogP contribution in [-0.4, -0.2) is 22.3 Å². The molecular formula is C19H22BrN5S. The molecule has 0 aliphatic rings. The first-order valence-electron chi connectivity index (χ1n) is 8.55. The molecule has 3 aromatic rings. The van der Waals surface area contributed by atoms with Gasteiger partial charge in [-0.25, -0.2) is 4.99 Å². The Kier molecular flexibility index (Phi) is 6.85.